The molecule has 0 spiro atoms. The molecule has 2 aromatic carbocycles. The van der Waals surface area contributed by atoms with Crippen molar-refractivity contribution in [3.63, 3.8) is 0 Å². The van der Waals surface area contributed by atoms with Gasteiger partial charge in [0.15, 0.2) is 5.60 Å². The van der Waals surface area contributed by atoms with Crippen molar-refractivity contribution in [3.05, 3.63) is 83.7 Å². The molecule has 39 heavy (non-hydrogen) atoms. The summed E-state index contributed by atoms with van der Waals surface area (Å²) >= 11 is 0. The smallest absolute Gasteiger partial charge is 0.406 e. The first-order chi connectivity index (χ1) is 18.3. The molecule has 0 aliphatic carbocycles. The Morgan fingerprint density at radius 2 is 1.62 bits per heavy atom. The molecule has 1 unspecified atom stereocenters. The van der Waals surface area contributed by atoms with Crippen molar-refractivity contribution in [2.45, 2.75) is 38.2 Å². The van der Waals surface area contributed by atoms with Crippen molar-refractivity contribution in [3.8, 4) is 16.9 Å². The van der Waals surface area contributed by atoms with Gasteiger partial charge in [0, 0.05) is 36.5 Å². The lowest BCUT2D eigenvalue weighted by Crippen LogP contribution is -2.52. The fourth-order valence-corrected chi connectivity index (χ4v) is 3.95. The van der Waals surface area contributed by atoms with Crippen LogP contribution >= 0.6 is 0 Å². The summed E-state index contributed by atoms with van der Waals surface area (Å²) in [6, 6.07) is 8.79. The maximum Gasteiger partial charge on any atom is 0.573 e. The zero-order valence-corrected chi connectivity index (χ0v) is 21.0. The van der Waals surface area contributed by atoms with E-state index in [9.17, 15) is 27.1 Å². The van der Waals surface area contributed by atoms with Gasteiger partial charge in [-0.15, -0.1) is 13.2 Å². The Hall–Kier alpha value is -3.67. The van der Waals surface area contributed by atoms with Crippen LogP contribution in [0.3, 0.4) is 0 Å². The number of halogens is 7. The molecule has 0 aliphatic heterocycles. The van der Waals surface area contributed by atoms with Crippen LogP contribution in [-0.4, -0.2) is 47.3 Å². The summed E-state index contributed by atoms with van der Waals surface area (Å²) in [6.07, 6.45) is -2.03. The summed E-state index contributed by atoms with van der Waals surface area (Å²) in [4.78, 5) is 9.15. The molecule has 0 saturated heterocycles. The van der Waals surface area contributed by atoms with Crippen LogP contribution in [-0.2, 0) is 11.5 Å². The molecule has 0 radical (unpaired) electrons. The van der Waals surface area contributed by atoms with Gasteiger partial charge >= 0.3 is 12.3 Å². The van der Waals surface area contributed by atoms with Gasteiger partial charge in [-0.25, -0.2) is 8.78 Å². The Labute approximate surface area is 220 Å². The second-order valence-corrected chi connectivity index (χ2v) is 8.65. The Morgan fingerprint density at radius 1 is 0.949 bits per heavy atom. The highest BCUT2D eigenvalue weighted by Crippen LogP contribution is 2.46. The maximum atomic E-state index is 16.1. The summed E-state index contributed by atoms with van der Waals surface area (Å²) in [5, 5.41) is 11.5. The zero-order chi connectivity index (χ0) is 28.8. The average Bonchev–Trinajstić information content (AvgIpc) is 2.87. The predicted molar refractivity (Wildman–Crippen MR) is 131 cm³/mol. The highest BCUT2D eigenvalue weighted by atomic mass is 19.4. The molecular formula is C27H26F7N3O2. The lowest BCUT2D eigenvalue weighted by Gasteiger charge is -2.39. The van der Waals surface area contributed by atoms with E-state index in [1.165, 1.54) is 29.4 Å². The molecule has 1 heterocycles. The molecule has 210 valence electrons. The zero-order valence-electron chi connectivity index (χ0n) is 21.0. The first-order valence-corrected chi connectivity index (χ1v) is 11.9. The Kier molecular flexibility index (Phi) is 9.21. The van der Waals surface area contributed by atoms with Crippen molar-refractivity contribution < 1.29 is 40.6 Å². The molecule has 0 bridgehead atoms. The van der Waals surface area contributed by atoms with Crippen LogP contribution in [0.25, 0.3) is 11.1 Å². The quantitative estimate of drug-likeness (QED) is 0.163. The Bertz CT molecular complexity index is 1270. The van der Waals surface area contributed by atoms with E-state index in [1.807, 2.05) is 0 Å². The topological polar surface area (TPSA) is 58.0 Å². The highest BCUT2D eigenvalue weighted by molar-refractivity contribution is 5.63. The molecule has 3 rings (SSSR count). The molecular weight excluding hydrogens is 531 g/mol. The summed E-state index contributed by atoms with van der Waals surface area (Å²) in [7, 11) is 0. The van der Waals surface area contributed by atoms with Gasteiger partial charge in [0.1, 0.15) is 23.1 Å². The third kappa shape index (κ3) is 7.05. The fraction of sp³-hybridized carbons (Fsp3) is 0.333. The van der Waals surface area contributed by atoms with Crippen LogP contribution in [0.15, 0.2) is 65.8 Å². The SMILES string of the molecule is CCCN(C=NCC)CC(O)(c1ccc(F)cc1F)C(F)(F)c1ccc(-c2ccc(OC(F)(F)F)cc2)cn1. The van der Waals surface area contributed by atoms with E-state index in [0.717, 1.165) is 36.5 Å². The second kappa shape index (κ2) is 12.0. The van der Waals surface area contributed by atoms with Gasteiger partial charge in [-0.2, -0.15) is 8.78 Å². The molecule has 0 fully saturated rings. The van der Waals surface area contributed by atoms with E-state index in [-0.39, 0.29) is 12.1 Å². The van der Waals surface area contributed by atoms with Crippen LogP contribution in [0.1, 0.15) is 31.5 Å². The van der Waals surface area contributed by atoms with Crippen LogP contribution in [0.2, 0.25) is 0 Å². The number of alkyl halides is 5. The lowest BCUT2D eigenvalue weighted by molar-refractivity contribution is -0.274. The molecule has 1 N–H and O–H groups in total. The highest BCUT2D eigenvalue weighted by Gasteiger charge is 2.58. The number of pyridine rings is 1. The molecule has 0 amide bonds. The number of rotatable bonds is 11. The largest absolute Gasteiger partial charge is 0.573 e. The number of aromatic nitrogens is 1. The van der Waals surface area contributed by atoms with E-state index in [0.29, 0.717) is 24.6 Å². The summed E-state index contributed by atoms with van der Waals surface area (Å²) < 4.78 is 102. The van der Waals surface area contributed by atoms with E-state index >= 15 is 8.78 Å². The van der Waals surface area contributed by atoms with Gasteiger partial charge in [-0.3, -0.25) is 9.98 Å². The minimum Gasteiger partial charge on any atom is -0.406 e. The first-order valence-electron chi connectivity index (χ1n) is 11.9. The van der Waals surface area contributed by atoms with Gasteiger partial charge < -0.3 is 14.7 Å². The number of nitrogens with zero attached hydrogens (tertiary/aromatic N) is 3. The standard InChI is InChI=1S/C27H26F7N3O2/c1-3-13-37(17-35-4-2)16-25(38,22-11-8-20(28)14-23(22)29)26(30,31)24-12-7-19(15-36-24)18-5-9-21(10-6-18)39-27(32,33)34/h5-12,14-15,17,38H,3-4,13,16H2,1-2H3. The second-order valence-electron chi connectivity index (χ2n) is 8.65. The van der Waals surface area contributed by atoms with Gasteiger partial charge in [0.2, 0.25) is 0 Å². The lowest BCUT2D eigenvalue weighted by atomic mass is 9.84. The number of hydrogen-bond acceptors (Lipinski definition) is 4. The van der Waals surface area contributed by atoms with E-state index in [2.05, 4.69) is 14.7 Å². The van der Waals surface area contributed by atoms with Crippen molar-refractivity contribution in [2.24, 2.45) is 4.99 Å². The predicted octanol–water partition coefficient (Wildman–Crippen LogP) is 6.67. The molecule has 12 heteroatoms. The van der Waals surface area contributed by atoms with Crippen LogP contribution in [0.5, 0.6) is 5.75 Å². The van der Waals surface area contributed by atoms with Crippen molar-refractivity contribution >= 4 is 6.34 Å². The number of hydrogen-bond donors (Lipinski definition) is 1. The molecule has 1 aromatic heterocycles. The van der Waals surface area contributed by atoms with Crippen LogP contribution in [0, 0.1) is 11.6 Å². The van der Waals surface area contributed by atoms with Crippen LogP contribution in [0.4, 0.5) is 30.7 Å². The number of aliphatic hydroxyl groups is 1. The summed E-state index contributed by atoms with van der Waals surface area (Å²) in [5.41, 5.74) is -4.28. The van der Waals surface area contributed by atoms with Gasteiger partial charge in [0.25, 0.3) is 0 Å². The molecule has 0 aliphatic rings. The van der Waals surface area contributed by atoms with E-state index in [1.54, 1.807) is 13.8 Å². The fourth-order valence-electron chi connectivity index (χ4n) is 3.95. The summed E-state index contributed by atoms with van der Waals surface area (Å²) in [5.74, 6) is -7.01. The van der Waals surface area contributed by atoms with Crippen molar-refractivity contribution in [1.82, 2.24) is 9.88 Å². The molecule has 1 atom stereocenters. The van der Waals surface area contributed by atoms with Gasteiger partial charge in [-0.1, -0.05) is 25.1 Å². The maximum absolute atomic E-state index is 16.1. The minimum absolute atomic E-state index is 0.213. The number of ether oxygens (including phenoxy) is 1. The molecule has 0 saturated carbocycles. The third-order valence-electron chi connectivity index (χ3n) is 5.77. The first kappa shape index (κ1) is 29.9. The van der Waals surface area contributed by atoms with E-state index in [4.69, 9.17) is 0 Å². The minimum atomic E-state index is -4.87. The average molecular weight is 558 g/mol. The monoisotopic (exact) mass is 557 g/mol. The third-order valence-corrected chi connectivity index (χ3v) is 5.77. The molecule has 5 nitrogen and oxygen atoms in total. The number of aliphatic imine (C=N–C) groups is 1. The Balaban J connectivity index is 2.01. The number of benzene rings is 2. The van der Waals surface area contributed by atoms with E-state index < -0.39 is 53.1 Å². The van der Waals surface area contributed by atoms with Gasteiger partial charge in [-0.05, 0) is 49.2 Å². The van der Waals surface area contributed by atoms with Gasteiger partial charge in [0.05, 0.1) is 12.9 Å². The normalized spacial score (nSPS) is 13.9. The Morgan fingerprint density at radius 3 is 2.15 bits per heavy atom. The van der Waals surface area contributed by atoms with Crippen LogP contribution < -0.4 is 4.74 Å². The summed E-state index contributed by atoms with van der Waals surface area (Å²) in [6.45, 7) is 3.27. The van der Waals surface area contributed by atoms with Crippen molar-refractivity contribution in [2.75, 3.05) is 19.6 Å². The molecule has 3 aromatic rings. The van der Waals surface area contributed by atoms with Crippen molar-refractivity contribution in [1.29, 1.82) is 0 Å².